The fourth-order valence-corrected chi connectivity index (χ4v) is 2.97. The minimum absolute atomic E-state index is 0.0103. The van der Waals surface area contributed by atoms with E-state index in [0.29, 0.717) is 18.4 Å². The molecular formula is C18H25FN6O2. The van der Waals surface area contributed by atoms with Gasteiger partial charge in [-0.2, -0.15) is 14.4 Å². The second-order valence-corrected chi connectivity index (χ2v) is 7.95. The zero-order valence-electron chi connectivity index (χ0n) is 15.8. The lowest BCUT2D eigenvalue weighted by Gasteiger charge is -2.24. The van der Waals surface area contributed by atoms with Crippen molar-refractivity contribution < 1.29 is 14.0 Å². The molecule has 0 spiro atoms. The number of aromatic nitrogens is 4. The third-order valence-corrected chi connectivity index (χ3v) is 4.54. The topological polar surface area (TPSA) is 100 Å². The van der Waals surface area contributed by atoms with Crippen LogP contribution in [0.2, 0.25) is 0 Å². The minimum Gasteiger partial charge on any atom is -0.382 e. The number of ether oxygens (including phenoxy) is 1. The smallest absolute Gasteiger partial charge is 0.312 e. The van der Waals surface area contributed by atoms with Crippen molar-refractivity contribution in [2.75, 3.05) is 18.9 Å². The third-order valence-electron chi connectivity index (χ3n) is 4.54. The molecule has 0 aliphatic carbocycles. The van der Waals surface area contributed by atoms with Crippen molar-refractivity contribution in [3.63, 3.8) is 0 Å². The lowest BCUT2D eigenvalue weighted by Crippen LogP contribution is -2.36. The number of imidazole rings is 1. The minimum atomic E-state index is -0.908. The lowest BCUT2D eigenvalue weighted by atomic mass is 9.93. The second-order valence-electron chi connectivity index (χ2n) is 7.95. The van der Waals surface area contributed by atoms with Crippen LogP contribution in [0.5, 0.6) is 0 Å². The van der Waals surface area contributed by atoms with Crippen LogP contribution in [-0.2, 0) is 9.57 Å². The van der Waals surface area contributed by atoms with Crippen LogP contribution >= 0.6 is 0 Å². The molecule has 1 aliphatic rings. The Balaban J connectivity index is 1.65. The van der Waals surface area contributed by atoms with Gasteiger partial charge < -0.3 is 10.5 Å². The van der Waals surface area contributed by atoms with Gasteiger partial charge in [-0.3, -0.25) is 9.40 Å². The summed E-state index contributed by atoms with van der Waals surface area (Å²) in [5, 5.41) is 0. The van der Waals surface area contributed by atoms with E-state index < -0.39 is 17.9 Å². The summed E-state index contributed by atoms with van der Waals surface area (Å²) in [5.41, 5.74) is 8.61. The van der Waals surface area contributed by atoms with E-state index in [4.69, 9.17) is 21.7 Å². The summed E-state index contributed by atoms with van der Waals surface area (Å²) < 4.78 is 21.2. The first-order valence-corrected chi connectivity index (χ1v) is 8.89. The summed E-state index contributed by atoms with van der Waals surface area (Å²) in [6.45, 7) is 7.42. The standard InChI is InChI=1S/C18H25FN6O2/c1-5-18(10-26-22-9-8-17(2,3)4)7-6-12(27-18)25-11-21-13-14(20)23-16(19)24-15(13)25/h1,11-12,22H,6-10H2,2-4H3,(H2,20,23,24). The lowest BCUT2D eigenvalue weighted by molar-refractivity contribution is -0.100. The molecule has 2 atom stereocenters. The molecule has 8 nitrogen and oxygen atoms in total. The van der Waals surface area contributed by atoms with Gasteiger partial charge in [0, 0.05) is 6.54 Å². The van der Waals surface area contributed by atoms with Crippen LogP contribution in [0.15, 0.2) is 6.33 Å². The number of anilines is 1. The summed E-state index contributed by atoms with van der Waals surface area (Å²) in [7, 11) is 0. The van der Waals surface area contributed by atoms with E-state index in [9.17, 15) is 4.39 Å². The molecule has 2 unspecified atom stereocenters. The molecule has 2 aromatic rings. The Morgan fingerprint density at radius 2 is 2.30 bits per heavy atom. The average Bonchev–Trinajstić information content (AvgIpc) is 3.18. The Bertz CT molecular complexity index is 856. The predicted octanol–water partition coefficient (Wildman–Crippen LogP) is 2.19. The molecule has 3 N–H and O–H groups in total. The summed E-state index contributed by atoms with van der Waals surface area (Å²) in [5.74, 6) is 2.68. The molecule has 0 amide bonds. The van der Waals surface area contributed by atoms with Gasteiger partial charge in [-0.05, 0) is 24.7 Å². The first kappa shape index (κ1) is 19.5. The molecule has 0 bridgehead atoms. The van der Waals surface area contributed by atoms with Crippen LogP contribution in [0.25, 0.3) is 11.2 Å². The number of fused-ring (bicyclic) bond motifs is 1. The number of hydrogen-bond donors (Lipinski definition) is 2. The number of hydrogen-bond acceptors (Lipinski definition) is 7. The highest BCUT2D eigenvalue weighted by molar-refractivity contribution is 5.81. The third kappa shape index (κ3) is 4.35. The van der Waals surface area contributed by atoms with E-state index in [0.717, 1.165) is 13.0 Å². The highest BCUT2D eigenvalue weighted by Gasteiger charge is 2.41. The number of halogens is 1. The van der Waals surface area contributed by atoms with E-state index in [1.54, 1.807) is 4.57 Å². The van der Waals surface area contributed by atoms with E-state index in [2.05, 4.69) is 47.1 Å². The van der Waals surface area contributed by atoms with E-state index in [-0.39, 0.29) is 23.5 Å². The van der Waals surface area contributed by atoms with Crippen molar-refractivity contribution in [3.8, 4) is 12.3 Å². The van der Waals surface area contributed by atoms with Crippen LogP contribution in [0.1, 0.15) is 46.3 Å². The number of hydroxylamine groups is 1. The average molecular weight is 376 g/mol. The van der Waals surface area contributed by atoms with Crippen molar-refractivity contribution in [1.29, 1.82) is 0 Å². The normalized spacial score (nSPS) is 23.0. The molecule has 0 saturated carbocycles. The highest BCUT2D eigenvalue weighted by atomic mass is 19.1. The van der Waals surface area contributed by atoms with Gasteiger partial charge in [0.2, 0.25) is 0 Å². The number of nitrogen functional groups attached to an aromatic ring is 1. The quantitative estimate of drug-likeness (QED) is 0.345. The summed E-state index contributed by atoms with van der Waals surface area (Å²) in [6, 6.07) is 0. The maximum absolute atomic E-state index is 13.5. The van der Waals surface area contributed by atoms with Crippen molar-refractivity contribution in [1.82, 2.24) is 25.0 Å². The number of rotatable bonds is 6. The molecule has 27 heavy (non-hydrogen) atoms. The number of nitrogens with one attached hydrogen (secondary N) is 1. The predicted molar refractivity (Wildman–Crippen MR) is 98.6 cm³/mol. The van der Waals surface area contributed by atoms with Crippen LogP contribution < -0.4 is 11.2 Å². The van der Waals surface area contributed by atoms with Crippen LogP contribution in [0.3, 0.4) is 0 Å². The molecule has 9 heteroatoms. The summed E-state index contributed by atoms with van der Waals surface area (Å²) in [4.78, 5) is 17.0. The number of terminal acetylenes is 1. The largest absolute Gasteiger partial charge is 0.382 e. The Morgan fingerprint density at radius 3 is 3.00 bits per heavy atom. The highest BCUT2D eigenvalue weighted by Crippen LogP contribution is 2.37. The van der Waals surface area contributed by atoms with Gasteiger partial charge >= 0.3 is 6.08 Å². The molecule has 3 rings (SSSR count). The molecule has 1 fully saturated rings. The number of nitrogens with zero attached hydrogens (tertiary/aromatic N) is 4. The molecule has 2 aromatic heterocycles. The van der Waals surface area contributed by atoms with Gasteiger partial charge in [-0.15, -0.1) is 6.42 Å². The van der Waals surface area contributed by atoms with Crippen LogP contribution in [0.4, 0.5) is 10.2 Å². The fourth-order valence-electron chi connectivity index (χ4n) is 2.97. The van der Waals surface area contributed by atoms with Crippen LogP contribution in [-0.4, -0.2) is 38.3 Å². The molecule has 0 aromatic carbocycles. The van der Waals surface area contributed by atoms with Crippen molar-refractivity contribution >= 4 is 17.0 Å². The molecule has 146 valence electrons. The Hall–Kier alpha value is -2.28. The zero-order chi connectivity index (χ0) is 19.7. The van der Waals surface area contributed by atoms with Gasteiger partial charge in [0.25, 0.3) is 0 Å². The van der Waals surface area contributed by atoms with Crippen molar-refractivity contribution in [2.24, 2.45) is 5.41 Å². The van der Waals surface area contributed by atoms with E-state index >= 15 is 0 Å². The SMILES string of the molecule is C#CC1(CONCCC(C)(C)C)CCC(n2cnc3c(N)nc(F)nc32)O1. The van der Waals surface area contributed by atoms with E-state index in [1.807, 2.05) is 0 Å². The Labute approximate surface area is 157 Å². The molecular weight excluding hydrogens is 351 g/mol. The molecule has 3 heterocycles. The molecule has 1 saturated heterocycles. The van der Waals surface area contributed by atoms with E-state index in [1.165, 1.54) is 6.33 Å². The van der Waals surface area contributed by atoms with Gasteiger partial charge in [0.15, 0.2) is 22.6 Å². The number of nitrogens with two attached hydrogens (primary N) is 1. The Morgan fingerprint density at radius 1 is 1.52 bits per heavy atom. The maximum Gasteiger partial charge on any atom is 0.312 e. The zero-order valence-corrected chi connectivity index (χ0v) is 15.8. The maximum atomic E-state index is 13.5. The molecule has 1 aliphatic heterocycles. The second kappa shape index (κ2) is 7.38. The summed E-state index contributed by atoms with van der Waals surface area (Å²) >= 11 is 0. The van der Waals surface area contributed by atoms with Gasteiger partial charge in [-0.25, -0.2) is 10.5 Å². The van der Waals surface area contributed by atoms with Gasteiger partial charge in [0.1, 0.15) is 12.8 Å². The van der Waals surface area contributed by atoms with Gasteiger partial charge in [-0.1, -0.05) is 26.7 Å². The molecule has 0 radical (unpaired) electrons. The Kier molecular flexibility index (Phi) is 5.33. The summed E-state index contributed by atoms with van der Waals surface area (Å²) in [6.07, 6.45) is 8.06. The van der Waals surface area contributed by atoms with Gasteiger partial charge in [0.05, 0.1) is 6.33 Å². The van der Waals surface area contributed by atoms with Crippen molar-refractivity contribution in [2.45, 2.75) is 51.9 Å². The van der Waals surface area contributed by atoms with Crippen LogP contribution in [0, 0.1) is 23.8 Å². The first-order chi connectivity index (χ1) is 12.7. The monoisotopic (exact) mass is 376 g/mol. The van der Waals surface area contributed by atoms with Crippen molar-refractivity contribution in [3.05, 3.63) is 12.4 Å². The fraction of sp³-hybridized carbons (Fsp3) is 0.611. The first-order valence-electron chi connectivity index (χ1n) is 8.89.